The SMILES string of the molecule is CC(Cc1cccc(CCC(=O)N2CCc3ccccc3C2)c1)NCC(O[Si](C)(C)C(C)(C)C)c1ccc(OCc2ccccc2)c(NC=O)c1. The van der Waals surface area contributed by atoms with Crippen molar-refractivity contribution in [1.82, 2.24) is 10.2 Å². The zero-order valence-corrected chi connectivity index (χ0v) is 32.2. The maximum absolute atomic E-state index is 13.1. The Morgan fingerprint density at radius 1 is 0.902 bits per heavy atom. The number of hydrogen-bond acceptors (Lipinski definition) is 5. The molecule has 51 heavy (non-hydrogen) atoms. The van der Waals surface area contributed by atoms with E-state index in [2.05, 4.69) is 100.0 Å². The molecule has 0 bridgehead atoms. The molecule has 0 aliphatic carbocycles. The number of nitrogens with zero attached hydrogens (tertiary/aromatic N) is 1. The molecule has 0 saturated carbocycles. The largest absolute Gasteiger partial charge is 0.487 e. The molecule has 0 aromatic heterocycles. The van der Waals surface area contributed by atoms with Gasteiger partial charge in [-0.3, -0.25) is 9.59 Å². The highest BCUT2D eigenvalue weighted by atomic mass is 28.4. The lowest BCUT2D eigenvalue weighted by molar-refractivity contribution is -0.132. The summed E-state index contributed by atoms with van der Waals surface area (Å²) in [5.74, 6) is 0.838. The van der Waals surface area contributed by atoms with E-state index in [0.29, 0.717) is 44.0 Å². The lowest BCUT2D eigenvalue weighted by Crippen LogP contribution is -2.44. The molecule has 0 spiro atoms. The minimum absolute atomic E-state index is 0.0276. The molecule has 1 aliphatic rings. The fraction of sp³-hybridized carbons (Fsp3) is 0.395. The van der Waals surface area contributed by atoms with Crippen LogP contribution >= 0.6 is 0 Å². The summed E-state index contributed by atoms with van der Waals surface area (Å²) in [7, 11) is -2.15. The maximum atomic E-state index is 13.1. The van der Waals surface area contributed by atoms with Gasteiger partial charge in [0.05, 0.1) is 11.8 Å². The van der Waals surface area contributed by atoms with Gasteiger partial charge in [-0.2, -0.15) is 0 Å². The van der Waals surface area contributed by atoms with Crippen molar-refractivity contribution >= 4 is 26.3 Å². The van der Waals surface area contributed by atoms with Gasteiger partial charge < -0.3 is 24.7 Å². The number of carbonyl (C=O) groups excluding carboxylic acids is 2. The number of fused-ring (bicyclic) bond motifs is 1. The van der Waals surface area contributed by atoms with Gasteiger partial charge in [-0.25, -0.2) is 0 Å². The Labute approximate surface area is 305 Å². The first-order chi connectivity index (χ1) is 24.4. The van der Waals surface area contributed by atoms with Crippen LogP contribution in [0.5, 0.6) is 5.75 Å². The van der Waals surface area contributed by atoms with Gasteiger partial charge in [-0.1, -0.05) is 106 Å². The van der Waals surface area contributed by atoms with Crippen LogP contribution in [0.1, 0.15) is 73.6 Å². The van der Waals surface area contributed by atoms with E-state index in [1.807, 2.05) is 53.4 Å². The van der Waals surface area contributed by atoms with Gasteiger partial charge in [0.1, 0.15) is 12.4 Å². The van der Waals surface area contributed by atoms with E-state index in [9.17, 15) is 9.59 Å². The smallest absolute Gasteiger partial charge is 0.223 e. The van der Waals surface area contributed by atoms with Crippen LogP contribution in [0.3, 0.4) is 0 Å². The molecule has 2 unspecified atom stereocenters. The number of aryl methyl sites for hydroxylation is 1. The van der Waals surface area contributed by atoms with E-state index in [4.69, 9.17) is 9.16 Å². The van der Waals surface area contributed by atoms with Crippen LogP contribution < -0.4 is 15.4 Å². The second-order valence-electron chi connectivity index (χ2n) is 15.3. The fourth-order valence-corrected chi connectivity index (χ4v) is 7.59. The Balaban J connectivity index is 1.22. The summed E-state index contributed by atoms with van der Waals surface area (Å²) in [5, 5.41) is 6.63. The minimum Gasteiger partial charge on any atom is -0.487 e. The van der Waals surface area contributed by atoms with Crippen molar-refractivity contribution in [2.75, 3.05) is 18.4 Å². The van der Waals surface area contributed by atoms with Crippen molar-refractivity contribution in [3.05, 3.63) is 130 Å². The first-order valence-corrected chi connectivity index (χ1v) is 21.2. The van der Waals surface area contributed by atoms with Crippen LogP contribution in [-0.4, -0.2) is 44.7 Å². The predicted octanol–water partition coefficient (Wildman–Crippen LogP) is 8.64. The summed E-state index contributed by atoms with van der Waals surface area (Å²) in [6.45, 7) is 16.0. The summed E-state index contributed by atoms with van der Waals surface area (Å²) in [4.78, 5) is 26.7. The van der Waals surface area contributed by atoms with Crippen LogP contribution in [0.25, 0.3) is 0 Å². The van der Waals surface area contributed by atoms with Gasteiger partial charge >= 0.3 is 0 Å². The maximum Gasteiger partial charge on any atom is 0.223 e. The van der Waals surface area contributed by atoms with E-state index in [1.165, 1.54) is 22.3 Å². The van der Waals surface area contributed by atoms with E-state index >= 15 is 0 Å². The molecular formula is C43H55N3O4Si. The van der Waals surface area contributed by atoms with Gasteiger partial charge in [0, 0.05) is 32.1 Å². The van der Waals surface area contributed by atoms with Crippen molar-refractivity contribution in [3.8, 4) is 5.75 Å². The average Bonchev–Trinajstić information content (AvgIpc) is 3.11. The van der Waals surface area contributed by atoms with E-state index in [1.54, 1.807) is 0 Å². The number of carbonyl (C=O) groups is 2. The van der Waals surface area contributed by atoms with Crippen LogP contribution in [-0.2, 0) is 46.4 Å². The quantitative estimate of drug-likeness (QED) is 0.0902. The van der Waals surface area contributed by atoms with Gasteiger partial charge in [-0.15, -0.1) is 0 Å². The fourth-order valence-electron chi connectivity index (χ4n) is 6.31. The van der Waals surface area contributed by atoms with Crippen molar-refractivity contribution in [2.24, 2.45) is 0 Å². The van der Waals surface area contributed by atoms with Crippen molar-refractivity contribution in [2.45, 2.75) is 96.8 Å². The zero-order chi connectivity index (χ0) is 36.4. The summed E-state index contributed by atoms with van der Waals surface area (Å²) in [6.07, 6.45) is 3.50. The molecule has 1 aliphatic heterocycles. The third-order valence-corrected chi connectivity index (χ3v) is 14.9. The number of hydrogen-bond donors (Lipinski definition) is 2. The molecule has 0 saturated heterocycles. The minimum atomic E-state index is -2.15. The second-order valence-corrected chi connectivity index (χ2v) is 20.1. The summed E-state index contributed by atoms with van der Waals surface area (Å²) < 4.78 is 13.1. The average molecular weight is 706 g/mol. The Hall–Kier alpha value is -4.24. The van der Waals surface area contributed by atoms with Crippen LogP contribution in [0.2, 0.25) is 18.1 Å². The monoisotopic (exact) mass is 705 g/mol. The molecule has 2 amide bonds. The first kappa shape index (κ1) is 38.0. The molecule has 7 nitrogen and oxygen atoms in total. The molecule has 4 aromatic rings. The predicted molar refractivity (Wildman–Crippen MR) is 209 cm³/mol. The molecular weight excluding hydrogens is 651 g/mol. The number of amides is 2. The highest BCUT2D eigenvalue weighted by molar-refractivity contribution is 6.74. The Bertz CT molecular complexity index is 1750. The molecule has 1 heterocycles. The zero-order valence-electron chi connectivity index (χ0n) is 31.2. The summed E-state index contributed by atoms with van der Waals surface area (Å²) >= 11 is 0. The van der Waals surface area contributed by atoms with Crippen LogP contribution in [0.4, 0.5) is 5.69 Å². The third-order valence-electron chi connectivity index (χ3n) is 10.4. The van der Waals surface area contributed by atoms with Gasteiger partial charge in [0.15, 0.2) is 8.32 Å². The molecule has 2 atom stereocenters. The third kappa shape index (κ3) is 10.6. The van der Waals surface area contributed by atoms with Crippen molar-refractivity contribution < 1.29 is 18.8 Å². The second kappa shape index (κ2) is 17.3. The number of rotatable bonds is 16. The summed E-state index contributed by atoms with van der Waals surface area (Å²) in [5.41, 5.74) is 7.71. The molecule has 0 fully saturated rings. The highest BCUT2D eigenvalue weighted by Crippen LogP contribution is 2.40. The number of nitrogens with one attached hydrogen (secondary N) is 2. The number of anilines is 1. The Morgan fingerprint density at radius 3 is 2.35 bits per heavy atom. The molecule has 2 N–H and O–H groups in total. The summed E-state index contributed by atoms with van der Waals surface area (Å²) in [6, 6.07) is 33.2. The number of ether oxygens (including phenoxy) is 1. The van der Waals surface area contributed by atoms with Crippen LogP contribution in [0, 0.1) is 0 Å². The molecule has 0 radical (unpaired) electrons. The van der Waals surface area contributed by atoms with Crippen molar-refractivity contribution in [1.29, 1.82) is 0 Å². The van der Waals surface area contributed by atoms with Gasteiger partial charge in [0.25, 0.3) is 0 Å². The Morgan fingerprint density at radius 2 is 1.61 bits per heavy atom. The Kier molecular flexibility index (Phi) is 12.9. The first-order valence-electron chi connectivity index (χ1n) is 18.3. The standard InChI is InChI=1S/C43H55N3O4Si/c1-32(25-35-16-12-15-33(26-35)19-22-42(48)46-24-23-36-17-10-11-18-38(36)29-46)44-28-41(50-51(5,6)43(2,3)4)37-20-21-40(39(27-37)45-31-47)49-30-34-13-8-7-9-14-34/h7-18,20-21,26-27,31-32,41,44H,19,22-25,28-30H2,1-6H3,(H,45,47). The number of benzene rings is 4. The molecule has 5 rings (SSSR count). The topological polar surface area (TPSA) is 79.9 Å². The lowest BCUT2D eigenvalue weighted by atomic mass is 9.98. The molecule has 4 aromatic carbocycles. The van der Waals surface area contributed by atoms with Gasteiger partial charge in [0.2, 0.25) is 12.3 Å². The van der Waals surface area contributed by atoms with Crippen LogP contribution in [0.15, 0.2) is 97.1 Å². The van der Waals surface area contributed by atoms with E-state index < -0.39 is 8.32 Å². The van der Waals surface area contributed by atoms with Crippen molar-refractivity contribution in [3.63, 3.8) is 0 Å². The lowest BCUT2D eigenvalue weighted by Gasteiger charge is -2.40. The molecule has 270 valence electrons. The van der Waals surface area contributed by atoms with E-state index in [-0.39, 0.29) is 23.1 Å². The van der Waals surface area contributed by atoms with Gasteiger partial charge in [-0.05, 0) is 89.8 Å². The molecule has 8 heteroatoms. The highest BCUT2D eigenvalue weighted by Gasteiger charge is 2.39. The normalized spacial score (nSPS) is 14.4. The van der Waals surface area contributed by atoms with E-state index in [0.717, 1.165) is 36.9 Å².